The number of nitrogen functional groups attached to an aromatic ring is 1. The fraction of sp³-hybridized carbons (Fsp3) is 0.286. The molecule has 3 N–H and O–H groups in total. The Morgan fingerprint density at radius 1 is 1.35 bits per heavy atom. The van der Waals surface area contributed by atoms with Gasteiger partial charge in [-0.3, -0.25) is 14.0 Å². The van der Waals surface area contributed by atoms with Crippen molar-refractivity contribution in [3.05, 3.63) is 58.2 Å². The van der Waals surface area contributed by atoms with Gasteiger partial charge in [0.15, 0.2) is 5.82 Å². The third kappa shape index (κ3) is 3.97. The number of nitrogens with zero attached hydrogens (tertiary/aromatic N) is 4. The number of hydrogen-bond acceptors (Lipinski definition) is 7. The van der Waals surface area contributed by atoms with E-state index in [4.69, 9.17) is 15.0 Å². The molecule has 0 radical (unpaired) electrons. The lowest BCUT2D eigenvalue weighted by atomic mass is 10.1. The molecule has 0 aliphatic rings. The highest BCUT2D eigenvalue weighted by Crippen LogP contribution is 2.17. The molecule has 1 amide bonds. The first-order valence-electron chi connectivity index (χ1n) is 9.95. The smallest absolute Gasteiger partial charge is 0.278 e. The van der Waals surface area contributed by atoms with Crippen LogP contribution in [0.1, 0.15) is 29.5 Å². The molecule has 4 aromatic heterocycles. The minimum absolute atomic E-state index is 0.152. The predicted octanol–water partition coefficient (Wildman–Crippen LogP) is 1.69. The number of carbonyl (C=O) groups is 1. The zero-order chi connectivity index (χ0) is 22.0. The Balaban J connectivity index is 1.86. The number of hydrogen-bond donors (Lipinski definition) is 2. The Morgan fingerprint density at radius 3 is 2.94 bits per heavy atom. The Morgan fingerprint density at radius 2 is 2.19 bits per heavy atom. The zero-order valence-corrected chi connectivity index (χ0v) is 17.3. The van der Waals surface area contributed by atoms with Crippen LogP contribution in [0, 0.1) is 6.92 Å². The van der Waals surface area contributed by atoms with E-state index in [0.717, 1.165) is 0 Å². The lowest BCUT2D eigenvalue weighted by Gasteiger charge is -2.12. The summed E-state index contributed by atoms with van der Waals surface area (Å²) in [4.78, 5) is 30.7. The Bertz CT molecular complexity index is 1330. The van der Waals surface area contributed by atoms with Crippen LogP contribution in [0.2, 0.25) is 0 Å². The Labute approximate surface area is 177 Å². The summed E-state index contributed by atoms with van der Waals surface area (Å²) in [7, 11) is 0. The van der Waals surface area contributed by atoms with E-state index in [1.807, 2.05) is 6.92 Å². The summed E-state index contributed by atoms with van der Waals surface area (Å²) < 4.78 is 13.5. The highest BCUT2D eigenvalue weighted by molar-refractivity contribution is 6.07. The van der Waals surface area contributed by atoms with Gasteiger partial charge in [0, 0.05) is 31.9 Å². The van der Waals surface area contributed by atoms with E-state index in [0.29, 0.717) is 43.2 Å². The van der Waals surface area contributed by atoms with Gasteiger partial charge in [0.2, 0.25) is 11.5 Å². The Kier molecular flexibility index (Phi) is 5.63. The summed E-state index contributed by atoms with van der Waals surface area (Å²) in [6.07, 6.45) is 2.28. The first-order chi connectivity index (χ1) is 15.0. The van der Waals surface area contributed by atoms with Crippen LogP contribution in [0.15, 0.2) is 45.8 Å². The fourth-order valence-electron chi connectivity index (χ4n) is 3.39. The van der Waals surface area contributed by atoms with E-state index in [1.165, 1.54) is 10.5 Å². The van der Waals surface area contributed by atoms with Crippen LogP contribution in [0.4, 0.5) is 11.6 Å². The number of fused-ring (bicyclic) bond motifs is 2. The number of carbonyl (C=O) groups excluding carboxylic acids is 1. The SMILES string of the molecule is CCOCCC[n+]1c(N)c(C(=O)Nc2cc(C)on2)cc2c(=O)n3ccccc3nc21. The molecule has 0 atom stereocenters. The molecular formula is C21H23N6O4+. The quantitative estimate of drug-likeness (QED) is 0.263. The summed E-state index contributed by atoms with van der Waals surface area (Å²) in [5, 5.41) is 6.72. The second kappa shape index (κ2) is 8.52. The van der Waals surface area contributed by atoms with Crippen molar-refractivity contribution in [2.75, 3.05) is 24.3 Å². The number of amides is 1. The van der Waals surface area contributed by atoms with E-state index in [9.17, 15) is 9.59 Å². The maximum atomic E-state index is 13.1. The highest BCUT2D eigenvalue weighted by atomic mass is 16.5. The van der Waals surface area contributed by atoms with Crippen molar-refractivity contribution >= 4 is 34.2 Å². The maximum Gasteiger partial charge on any atom is 0.278 e. The molecule has 0 saturated carbocycles. The van der Waals surface area contributed by atoms with Crippen molar-refractivity contribution in [3.8, 4) is 0 Å². The van der Waals surface area contributed by atoms with Crippen molar-refractivity contribution in [2.45, 2.75) is 26.8 Å². The maximum absolute atomic E-state index is 13.1. The average Bonchev–Trinajstić information content (AvgIpc) is 3.17. The van der Waals surface area contributed by atoms with Crippen molar-refractivity contribution in [2.24, 2.45) is 0 Å². The van der Waals surface area contributed by atoms with E-state index in [2.05, 4.69) is 15.5 Å². The van der Waals surface area contributed by atoms with Gasteiger partial charge in [-0.15, -0.1) is 0 Å². The molecule has 0 bridgehead atoms. The number of nitrogens with two attached hydrogens (primary N) is 1. The lowest BCUT2D eigenvalue weighted by molar-refractivity contribution is -0.659. The third-order valence-corrected chi connectivity index (χ3v) is 4.85. The molecule has 0 unspecified atom stereocenters. The predicted molar refractivity (Wildman–Crippen MR) is 114 cm³/mol. The molecule has 4 aromatic rings. The molecule has 0 fully saturated rings. The third-order valence-electron chi connectivity index (χ3n) is 4.85. The van der Waals surface area contributed by atoms with Crippen molar-refractivity contribution in [1.29, 1.82) is 0 Å². The number of ether oxygens (including phenoxy) is 1. The molecule has 0 aromatic carbocycles. The van der Waals surface area contributed by atoms with Crippen LogP contribution in [0.5, 0.6) is 0 Å². The summed E-state index contributed by atoms with van der Waals surface area (Å²) in [6.45, 7) is 5.19. The first kappa shape index (κ1) is 20.5. The molecule has 10 nitrogen and oxygen atoms in total. The summed E-state index contributed by atoms with van der Waals surface area (Å²) in [5.74, 6) is 0.526. The monoisotopic (exact) mass is 423 g/mol. The van der Waals surface area contributed by atoms with Gasteiger partial charge in [-0.1, -0.05) is 16.2 Å². The minimum Gasteiger partial charge on any atom is -0.382 e. The number of aromatic nitrogens is 4. The fourth-order valence-corrected chi connectivity index (χ4v) is 3.39. The minimum atomic E-state index is -0.496. The van der Waals surface area contributed by atoms with Crippen LogP contribution in [-0.2, 0) is 11.3 Å². The molecular weight excluding hydrogens is 400 g/mol. The van der Waals surface area contributed by atoms with Crippen molar-refractivity contribution < 1.29 is 18.6 Å². The average molecular weight is 423 g/mol. The highest BCUT2D eigenvalue weighted by Gasteiger charge is 2.24. The van der Waals surface area contributed by atoms with Gasteiger partial charge in [0.1, 0.15) is 16.7 Å². The lowest BCUT2D eigenvalue weighted by Crippen LogP contribution is -2.42. The summed E-state index contributed by atoms with van der Waals surface area (Å²) in [5.41, 5.74) is 7.16. The molecule has 0 saturated heterocycles. The van der Waals surface area contributed by atoms with Crippen LogP contribution in [0.3, 0.4) is 0 Å². The molecule has 10 heteroatoms. The Hall–Kier alpha value is -3.79. The van der Waals surface area contributed by atoms with E-state index in [1.54, 1.807) is 42.0 Å². The van der Waals surface area contributed by atoms with E-state index in [-0.39, 0.29) is 28.1 Å². The standard InChI is InChI=1S/C21H22N6O4/c1-3-30-10-6-9-27-18(22)14(20(28)23-16-11-13(2)31-25-16)12-15-19(27)24-17-7-4-5-8-26(17)21(15)29/h4-5,7-8,11-12,22H,3,6,9-10H2,1-2H3,(H,23,25,28)/p+1. The first-order valence-corrected chi connectivity index (χ1v) is 9.95. The summed E-state index contributed by atoms with van der Waals surface area (Å²) in [6, 6.07) is 8.36. The molecule has 4 heterocycles. The number of anilines is 2. The van der Waals surface area contributed by atoms with Gasteiger partial charge in [0.25, 0.3) is 17.1 Å². The molecule has 0 aliphatic carbocycles. The van der Waals surface area contributed by atoms with Crippen LogP contribution in [0.25, 0.3) is 16.7 Å². The molecule has 31 heavy (non-hydrogen) atoms. The number of nitrogens with one attached hydrogen (secondary N) is 1. The van der Waals surface area contributed by atoms with Crippen molar-refractivity contribution in [1.82, 2.24) is 14.5 Å². The van der Waals surface area contributed by atoms with E-state index < -0.39 is 5.91 Å². The second-order valence-corrected chi connectivity index (χ2v) is 7.01. The normalized spacial score (nSPS) is 11.3. The zero-order valence-electron chi connectivity index (χ0n) is 17.3. The van der Waals surface area contributed by atoms with Gasteiger partial charge in [-0.05, 0) is 32.0 Å². The van der Waals surface area contributed by atoms with E-state index >= 15 is 0 Å². The van der Waals surface area contributed by atoms with Gasteiger partial charge >= 0.3 is 0 Å². The van der Waals surface area contributed by atoms with Crippen LogP contribution in [-0.4, -0.2) is 33.7 Å². The van der Waals surface area contributed by atoms with Gasteiger partial charge < -0.3 is 20.3 Å². The van der Waals surface area contributed by atoms with Crippen LogP contribution >= 0.6 is 0 Å². The second-order valence-electron chi connectivity index (χ2n) is 7.01. The summed E-state index contributed by atoms with van der Waals surface area (Å²) >= 11 is 0. The van der Waals surface area contributed by atoms with Gasteiger partial charge in [0.05, 0.1) is 6.54 Å². The largest absolute Gasteiger partial charge is 0.382 e. The molecule has 0 spiro atoms. The molecule has 4 rings (SSSR count). The molecule has 160 valence electrons. The number of rotatable bonds is 7. The molecule has 0 aliphatic heterocycles. The van der Waals surface area contributed by atoms with Gasteiger partial charge in [-0.25, -0.2) is 4.57 Å². The van der Waals surface area contributed by atoms with Gasteiger partial charge in [-0.2, -0.15) is 0 Å². The number of aryl methyl sites for hydroxylation is 2. The number of pyridine rings is 2. The van der Waals surface area contributed by atoms with Crippen molar-refractivity contribution in [3.63, 3.8) is 0 Å². The van der Waals surface area contributed by atoms with Crippen LogP contribution < -0.4 is 21.2 Å². The topological polar surface area (TPSA) is 129 Å².